The molecule has 1 aliphatic heterocycles. The van der Waals surface area contributed by atoms with Crippen molar-refractivity contribution in [2.75, 3.05) is 10.2 Å². The van der Waals surface area contributed by atoms with Gasteiger partial charge in [0.25, 0.3) is 11.8 Å². The molecule has 3 aromatic rings. The minimum absolute atomic E-state index is 0.0944. The van der Waals surface area contributed by atoms with Crippen molar-refractivity contribution in [3.8, 4) is 16.9 Å². The molecule has 35 heavy (non-hydrogen) atoms. The zero-order valence-electron chi connectivity index (χ0n) is 17.7. The minimum atomic E-state index is -4.81. The Balaban J connectivity index is 1.48. The van der Waals surface area contributed by atoms with E-state index in [0.717, 1.165) is 0 Å². The third-order valence-electron chi connectivity index (χ3n) is 4.94. The Labute approximate surface area is 202 Å². The van der Waals surface area contributed by atoms with Crippen LogP contribution < -0.4 is 20.3 Å². The van der Waals surface area contributed by atoms with Crippen LogP contribution in [0.3, 0.4) is 0 Å². The molecule has 1 heterocycles. The van der Waals surface area contributed by atoms with E-state index in [-0.39, 0.29) is 16.3 Å². The van der Waals surface area contributed by atoms with Crippen LogP contribution in [0, 0.1) is 0 Å². The third-order valence-corrected chi connectivity index (χ3v) is 5.21. The number of ether oxygens (including phenoxy) is 1. The standard InChI is InChI=1S/C24H17ClF3N3O4/c25-20-13-31(23(34)30-22(20)33)18-9-7-17(8-10-18)29-21(32)16-5-1-3-14(11-16)15-4-2-6-19(12-15)35-24(26,27)28/h1-13,23,34H,(H,29,32)(H,30,33). The maximum absolute atomic E-state index is 12.8. The Bertz CT molecular complexity index is 1300. The summed E-state index contributed by atoms with van der Waals surface area (Å²) in [6, 6.07) is 18.3. The number of alkyl halides is 3. The molecule has 180 valence electrons. The van der Waals surface area contributed by atoms with Gasteiger partial charge in [-0.3, -0.25) is 9.59 Å². The topological polar surface area (TPSA) is 90.9 Å². The van der Waals surface area contributed by atoms with Crippen molar-refractivity contribution in [3.05, 3.63) is 89.6 Å². The number of nitrogens with one attached hydrogen (secondary N) is 2. The van der Waals surface area contributed by atoms with Crippen molar-refractivity contribution in [3.63, 3.8) is 0 Å². The van der Waals surface area contributed by atoms with Crippen molar-refractivity contribution in [2.24, 2.45) is 0 Å². The summed E-state index contributed by atoms with van der Waals surface area (Å²) in [7, 11) is 0. The van der Waals surface area contributed by atoms with Crippen molar-refractivity contribution in [1.29, 1.82) is 0 Å². The quantitative estimate of drug-likeness (QED) is 0.465. The van der Waals surface area contributed by atoms with Gasteiger partial charge in [-0.1, -0.05) is 35.9 Å². The number of hydrogen-bond acceptors (Lipinski definition) is 5. The lowest BCUT2D eigenvalue weighted by atomic mass is 10.0. The molecule has 1 unspecified atom stereocenters. The molecule has 3 aromatic carbocycles. The van der Waals surface area contributed by atoms with E-state index >= 15 is 0 Å². The van der Waals surface area contributed by atoms with E-state index in [1.54, 1.807) is 54.6 Å². The molecule has 0 aromatic heterocycles. The normalized spacial score (nSPS) is 15.8. The van der Waals surface area contributed by atoms with E-state index in [1.807, 2.05) is 0 Å². The molecule has 0 bridgehead atoms. The summed E-state index contributed by atoms with van der Waals surface area (Å²) in [5.41, 5.74) is 2.24. The summed E-state index contributed by atoms with van der Waals surface area (Å²) in [5.74, 6) is -1.39. The predicted molar refractivity (Wildman–Crippen MR) is 124 cm³/mol. The van der Waals surface area contributed by atoms with Crippen LogP contribution in [0.5, 0.6) is 5.75 Å². The number of benzene rings is 3. The second-order valence-corrected chi connectivity index (χ2v) is 7.80. The maximum Gasteiger partial charge on any atom is 0.573 e. The highest BCUT2D eigenvalue weighted by molar-refractivity contribution is 6.42. The number of rotatable bonds is 5. The monoisotopic (exact) mass is 503 g/mol. The molecule has 11 heteroatoms. The van der Waals surface area contributed by atoms with E-state index in [2.05, 4.69) is 15.4 Å². The Hall–Kier alpha value is -4.02. The highest BCUT2D eigenvalue weighted by atomic mass is 35.5. The number of nitrogens with zero attached hydrogens (tertiary/aromatic N) is 1. The molecule has 7 nitrogen and oxygen atoms in total. The predicted octanol–water partition coefficient (Wildman–Crippen LogP) is 4.80. The zero-order chi connectivity index (χ0) is 25.2. The van der Waals surface area contributed by atoms with Crippen LogP contribution in [0.2, 0.25) is 0 Å². The van der Waals surface area contributed by atoms with E-state index in [9.17, 15) is 27.9 Å². The molecule has 0 aliphatic carbocycles. The molecule has 0 spiro atoms. The molecule has 0 fully saturated rings. The fourth-order valence-corrected chi connectivity index (χ4v) is 3.52. The van der Waals surface area contributed by atoms with Crippen LogP contribution in [0.25, 0.3) is 11.1 Å². The van der Waals surface area contributed by atoms with Gasteiger partial charge in [0.2, 0.25) is 6.35 Å². The number of halogens is 4. The second kappa shape index (κ2) is 9.69. The third kappa shape index (κ3) is 5.92. The molecule has 2 amide bonds. The number of carbonyl (C=O) groups excluding carboxylic acids is 2. The highest BCUT2D eigenvalue weighted by Gasteiger charge is 2.31. The highest BCUT2D eigenvalue weighted by Crippen LogP contribution is 2.29. The zero-order valence-corrected chi connectivity index (χ0v) is 18.5. The van der Waals surface area contributed by atoms with Gasteiger partial charge in [-0.2, -0.15) is 0 Å². The van der Waals surface area contributed by atoms with Crippen LogP contribution in [0.15, 0.2) is 84.0 Å². The lowest BCUT2D eigenvalue weighted by molar-refractivity contribution is -0.274. The number of aliphatic hydroxyl groups is 1. The summed E-state index contributed by atoms with van der Waals surface area (Å²) in [6.45, 7) is 0. The first-order chi connectivity index (χ1) is 16.6. The molecular formula is C24H17ClF3N3O4. The van der Waals surface area contributed by atoms with Gasteiger partial charge in [-0.05, 0) is 59.7 Å². The smallest absolute Gasteiger partial charge is 0.406 e. The van der Waals surface area contributed by atoms with Gasteiger partial charge in [0, 0.05) is 23.1 Å². The van der Waals surface area contributed by atoms with E-state index in [1.165, 1.54) is 29.3 Å². The molecule has 0 saturated heterocycles. The first-order valence-electron chi connectivity index (χ1n) is 10.1. The average Bonchev–Trinajstić information content (AvgIpc) is 2.81. The number of anilines is 2. The molecule has 4 rings (SSSR count). The van der Waals surface area contributed by atoms with E-state index < -0.39 is 24.5 Å². The number of hydrogen-bond donors (Lipinski definition) is 3. The first kappa shape index (κ1) is 24.1. The van der Waals surface area contributed by atoms with Crippen molar-refractivity contribution in [2.45, 2.75) is 12.7 Å². The first-order valence-corrected chi connectivity index (χ1v) is 10.5. The van der Waals surface area contributed by atoms with Crippen LogP contribution in [0.4, 0.5) is 24.5 Å². The van der Waals surface area contributed by atoms with Gasteiger partial charge >= 0.3 is 6.36 Å². The Morgan fingerprint density at radius 3 is 2.37 bits per heavy atom. The second-order valence-electron chi connectivity index (χ2n) is 7.39. The largest absolute Gasteiger partial charge is 0.573 e. The Morgan fingerprint density at radius 1 is 1.03 bits per heavy atom. The van der Waals surface area contributed by atoms with Gasteiger partial charge in [0.1, 0.15) is 10.8 Å². The van der Waals surface area contributed by atoms with Crippen LogP contribution in [0.1, 0.15) is 10.4 Å². The maximum atomic E-state index is 12.8. The van der Waals surface area contributed by atoms with Gasteiger partial charge < -0.3 is 25.4 Å². The van der Waals surface area contributed by atoms with Gasteiger partial charge in [-0.15, -0.1) is 13.2 Å². The van der Waals surface area contributed by atoms with Crippen LogP contribution >= 0.6 is 11.6 Å². The summed E-state index contributed by atoms with van der Waals surface area (Å²) in [5, 5.41) is 14.9. The fraction of sp³-hybridized carbons (Fsp3) is 0.0833. The van der Waals surface area contributed by atoms with Gasteiger partial charge in [-0.25, -0.2) is 0 Å². The van der Waals surface area contributed by atoms with Crippen LogP contribution in [-0.4, -0.2) is 29.6 Å². The van der Waals surface area contributed by atoms with Gasteiger partial charge in [0.15, 0.2) is 0 Å². The number of carbonyl (C=O) groups is 2. The minimum Gasteiger partial charge on any atom is -0.406 e. The van der Waals surface area contributed by atoms with E-state index in [0.29, 0.717) is 22.5 Å². The number of amides is 2. The Morgan fingerprint density at radius 2 is 1.69 bits per heavy atom. The summed E-state index contributed by atoms with van der Waals surface area (Å²) < 4.78 is 41.5. The molecule has 1 atom stereocenters. The number of aliphatic hydroxyl groups excluding tert-OH is 1. The summed E-state index contributed by atoms with van der Waals surface area (Å²) >= 11 is 5.82. The SMILES string of the molecule is O=C1NC(O)N(c2ccc(NC(=O)c3cccc(-c4cccc(OC(F)(F)F)c4)c3)cc2)C=C1Cl. The molecule has 1 aliphatic rings. The van der Waals surface area contributed by atoms with Crippen molar-refractivity contribution < 1.29 is 32.6 Å². The van der Waals surface area contributed by atoms with Crippen molar-refractivity contribution >= 4 is 34.8 Å². The van der Waals surface area contributed by atoms with Crippen LogP contribution in [-0.2, 0) is 4.79 Å². The van der Waals surface area contributed by atoms with E-state index in [4.69, 9.17) is 11.6 Å². The summed E-state index contributed by atoms with van der Waals surface area (Å²) in [6.07, 6.45) is -4.81. The molecular weight excluding hydrogens is 487 g/mol. The van der Waals surface area contributed by atoms with Crippen molar-refractivity contribution in [1.82, 2.24) is 5.32 Å². The Kier molecular flexibility index (Phi) is 6.68. The molecule has 0 saturated carbocycles. The average molecular weight is 504 g/mol. The lowest BCUT2D eigenvalue weighted by Gasteiger charge is -2.30. The lowest BCUT2D eigenvalue weighted by Crippen LogP contribution is -2.49. The molecule has 3 N–H and O–H groups in total. The van der Waals surface area contributed by atoms with Gasteiger partial charge in [0.05, 0.1) is 0 Å². The molecule has 0 radical (unpaired) electrons. The fourth-order valence-electron chi connectivity index (χ4n) is 3.36. The summed E-state index contributed by atoms with van der Waals surface area (Å²) in [4.78, 5) is 25.6.